The first-order valence-electron chi connectivity index (χ1n) is 8.29. The van der Waals surface area contributed by atoms with Crippen LogP contribution in [-0.2, 0) is 9.53 Å². The number of methoxy groups -OCH3 is 1. The second kappa shape index (κ2) is 9.59. The molecule has 0 saturated carbocycles. The average molecular weight is 340 g/mol. The Balaban J connectivity index is 2.08. The van der Waals surface area contributed by atoms with Crippen molar-refractivity contribution in [3.05, 3.63) is 71.8 Å². The Hall–Kier alpha value is -2.66. The van der Waals surface area contributed by atoms with Gasteiger partial charge in [-0.15, -0.1) is 0 Å². The van der Waals surface area contributed by atoms with Gasteiger partial charge in [0, 0.05) is 18.7 Å². The van der Waals surface area contributed by atoms with Gasteiger partial charge in [-0.3, -0.25) is 9.59 Å². The molecule has 5 nitrogen and oxygen atoms in total. The Morgan fingerprint density at radius 1 is 0.960 bits per heavy atom. The molecular weight excluding hydrogens is 316 g/mol. The molecule has 0 radical (unpaired) electrons. The topological polar surface area (TPSA) is 67.4 Å². The van der Waals surface area contributed by atoms with Crippen LogP contribution >= 0.6 is 0 Å². The standard InChI is InChI=1S/C20H24N2O3/c1-15(14-25-2)21-19(23)13-18(16-9-5-3-6-10-16)22-20(24)17-11-7-4-8-12-17/h3-12,15,18H,13-14H2,1-2H3,(H,21,23)(H,22,24). The summed E-state index contributed by atoms with van der Waals surface area (Å²) in [4.78, 5) is 24.8. The van der Waals surface area contributed by atoms with Gasteiger partial charge in [-0.2, -0.15) is 0 Å². The van der Waals surface area contributed by atoms with Gasteiger partial charge in [0.25, 0.3) is 5.91 Å². The highest BCUT2D eigenvalue weighted by Crippen LogP contribution is 2.17. The molecule has 0 aliphatic carbocycles. The van der Waals surface area contributed by atoms with Crippen molar-refractivity contribution in [1.82, 2.24) is 10.6 Å². The van der Waals surface area contributed by atoms with Gasteiger partial charge in [0.1, 0.15) is 0 Å². The molecule has 25 heavy (non-hydrogen) atoms. The largest absolute Gasteiger partial charge is 0.383 e. The number of carbonyl (C=O) groups excluding carboxylic acids is 2. The fourth-order valence-electron chi connectivity index (χ4n) is 2.58. The SMILES string of the molecule is COCC(C)NC(=O)CC(NC(=O)c1ccccc1)c1ccccc1. The lowest BCUT2D eigenvalue weighted by molar-refractivity contribution is -0.122. The third kappa shape index (κ3) is 6.04. The number of nitrogens with one attached hydrogen (secondary N) is 2. The van der Waals surface area contributed by atoms with E-state index in [1.54, 1.807) is 19.2 Å². The predicted octanol–water partition coefficient (Wildman–Crippen LogP) is 2.70. The Morgan fingerprint density at radius 3 is 2.16 bits per heavy atom. The lowest BCUT2D eigenvalue weighted by Crippen LogP contribution is -2.39. The Labute approximate surface area is 148 Å². The number of rotatable bonds is 8. The van der Waals surface area contributed by atoms with E-state index in [0.717, 1.165) is 5.56 Å². The molecule has 0 aliphatic heterocycles. The molecule has 2 aromatic rings. The highest BCUT2D eigenvalue weighted by Gasteiger charge is 2.20. The molecule has 0 saturated heterocycles. The third-order valence-electron chi connectivity index (χ3n) is 3.76. The molecular formula is C20H24N2O3. The molecule has 0 spiro atoms. The molecule has 2 amide bonds. The van der Waals surface area contributed by atoms with Crippen molar-refractivity contribution in [2.24, 2.45) is 0 Å². The molecule has 132 valence electrons. The van der Waals surface area contributed by atoms with Crippen LogP contribution in [0.1, 0.15) is 35.3 Å². The molecule has 0 heterocycles. The highest BCUT2D eigenvalue weighted by molar-refractivity contribution is 5.94. The number of amides is 2. The van der Waals surface area contributed by atoms with Crippen molar-refractivity contribution >= 4 is 11.8 Å². The minimum absolute atomic E-state index is 0.0845. The maximum Gasteiger partial charge on any atom is 0.251 e. The number of ether oxygens (including phenoxy) is 1. The highest BCUT2D eigenvalue weighted by atomic mass is 16.5. The first-order chi connectivity index (χ1) is 12.1. The van der Waals surface area contributed by atoms with Crippen LogP contribution in [0.2, 0.25) is 0 Å². The summed E-state index contributed by atoms with van der Waals surface area (Å²) in [5.41, 5.74) is 1.46. The van der Waals surface area contributed by atoms with Crippen LogP contribution in [0.3, 0.4) is 0 Å². The molecule has 0 fully saturated rings. The minimum Gasteiger partial charge on any atom is -0.383 e. The quantitative estimate of drug-likeness (QED) is 0.776. The zero-order valence-corrected chi connectivity index (χ0v) is 14.6. The van der Waals surface area contributed by atoms with Crippen LogP contribution in [-0.4, -0.2) is 31.6 Å². The molecule has 2 unspecified atom stereocenters. The van der Waals surface area contributed by atoms with Crippen molar-refractivity contribution in [2.45, 2.75) is 25.4 Å². The summed E-state index contributed by atoms with van der Waals surface area (Å²) in [6.07, 6.45) is 0.163. The lowest BCUT2D eigenvalue weighted by Gasteiger charge is -2.20. The van der Waals surface area contributed by atoms with Gasteiger partial charge >= 0.3 is 0 Å². The molecule has 0 bridgehead atoms. The van der Waals surface area contributed by atoms with Gasteiger partial charge in [0.15, 0.2) is 0 Å². The van der Waals surface area contributed by atoms with Gasteiger partial charge in [-0.05, 0) is 24.6 Å². The predicted molar refractivity (Wildman–Crippen MR) is 97.2 cm³/mol. The molecule has 0 aliphatic rings. The number of benzene rings is 2. The zero-order chi connectivity index (χ0) is 18.1. The van der Waals surface area contributed by atoms with E-state index in [9.17, 15) is 9.59 Å². The van der Waals surface area contributed by atoms with E-state index in [-0.39, 0.29) is 24.3 Å². The molecule has 2 N–H and O–H groups in total. The number of hydrogen-bond acceptors (Lipinski definition) is 3. The Kier molecular flexibility index (Phi) is 7.16. The molecule has 5 heteroatoms. The molecule has 2 atom stereocenters. The van der Waals surface area contributed by atoms with Crippen LogP contribution in [0.15, 0.2) is 60.7 Å². The van der Waals surface area contributed by atoms with Crippen molar-refractivity contribution < 1.29 is 14.3 Å². The molecule has 2 rings (SSSR count). The maximum atomic E-state index is 12.5. The van der Waals surface area contributed by atoms with E-state index < -0.39 is 6.04 Å². The minimum atomic E-state index is -0.399. The fraction of sp³-hybridized carbons (Fsp3) is 0.300. The van der Waals surface area contributed by atoms with Crippen LogP contribution in [0, 0.1) is 0 Å². The smallest absolute Gasteiger partial charge is 0.251 e. The fourth-order valence-corrected chi connectivity index (χ4v) is 2.58. The van der Waals surface area contributed by atoms with E-state index in [4.69, 9.17) is 4.74 Å². The average Bonchev–Trinajstić information content (AvgIpc) is 2.62. The molecule has 0 aromatic heterocycles. The van der Waals surface area contributed by atoms with Gasteiger partial charge in [-0.1, -0.05) is 48.5 Å². The zero-order valence-electron chi connectivity index (χ0n) is 14.6. The first-order valence-corrected chi connectivity index (χ1v) is 8.29. The van der Waals surface area contributed by atoms with Gasteiger partial charge in [0.2, 0.25) is 5.91 Å². The van der Waals surface area contributed by atoms with Gasteiger partial charge in [0.05, 0.1) is 19.1 Å². The van der Waals surface area contributed by atoms with E-state index in [1.165, 1.54) is 0 Å². The van der Waals surface area contributed by atoms with Crippen LogP contribution in [0.25, 0.3) is 0 Å². The van der Waals surface area contributed by atoms with E-state index >= 15 is 0 Å². The maximum absolute atomic E-state index is 12.5. The summed E-state index contributed by atoms with van der Waals surface area (Å²) in [6.45, 7) is 2.32. The van der Waals surface area contributed by atoms with Crippen molar-refractivity contribution in [3.8, 4) is 0 Å². The van der Waals surface area contributed by atoms with Crippen molar-refractivity contribution in [1.29, 1.82) is 0 Å². The lowest BCUT2D eigenvalue weighted by atomic mass is 10.0. The summed E-state index contributed by atoms with van der Waals surface area (Å²) in [7, 11) is 1.59. The van der Waals surface area contributed by atoms with Crippen LogP contribution in [0.4, 0.5) is 0 Å². The van der Waals surface area contributed by atoms with Crippen LogP contribution in [0.5, 0.6) is 0 Å². The van der Waals surface area contributed by atoms with Gasteiger partial charge in [-0.25, -0.2) is 0 Å². The number of hydrogen-bond donors (Lipinski definition) is 2. The normalized spacial score (nSPS) is 12.9. The number of carbonyl (C=O) groups is 2. The first kappa shape index (κ1) is 18.7. The van der Waals surface area contributed by atoms with E-state index in [2.05, 4.69) is 10.6 Å². The molecule has 2 aromatic carbocycles. The monoisotopic (exact) mass is 340 g/mol. The van der Waals surface area contributed by atoms with E-state index in [1.807, 2.05) is 55.5 Å². The van der Waals surface area contributed by atoms with Crippen molar-refractivity contribution in [3.63, 3.8) is 0 Å². The summed E-state index contributed by atoms with van der Waals surface area (Å²) in [5.74, 6) is -0.334. The Bertz CT molecular complexity index is 674. The summed E-state index contributed by atoms with van der Waals surface area (Å²) in [5, 5.41) is 5.83. The Morgan fingerprint density at radius 2 is 1.56 bits per heavy atom. The second-order valence-corrected chi connectivity index (χ2v) is 5.93. The summed E-state index contributed by atoms with van der Waals surface area (Å²) < 4.78 is 5.03. The summed E-state index contributed by atoms with van der Waals surface area (Å²) >= 11 is 0. The third-order valence-corrected chi connectivity index (χ3v) is 3.76. The van der Waals surface area contributed by atoms with Crippen molar-refractivity contribution in [2.75, 3.05) is 13.7 Å². The second-order valence-electron chi connectivity index (χ2n) is 5.93. The van der Waals surface area contributed by atoms with Crippen LogP contribution < -0.4 is 10.6 Å². The van der Waals surface area contributed by atoms with Gasteiger partial charge < -0.3 is 15.4 Å². The summed E-state index contributed by atoms with van der Waals surface area (Å²) in [6, 6.07) is 18.0. The van der Waals surface area contributed by atoms with E-state index in [0.29, 0.717) is 12.2 Å².